The van der Waals surface area contributed by atoms with E-state index in [4.69, 9.17) is 4.74 Å². The largest absolute Gasteiger partial charge is 0.385 e. The maximum Gasteiger partial charge on any atom is 0.203 e. The van der Waals surface area contributed by atoms with Crippen LogP contribution in [0.2, 0.25) is 0 Å². The van der Waals surface area contributed by atoms with Gasteiger partial charge in [-0.15, -0.1) is 0 Å². The van der Waals surface area contributed by atoms with E-state index >= 15 is 0 Å². The van der Waals surface area contributed by atoms with E-state index < -0.39 is 0 Å². The Balaban J connectivity index is 1.83. The van der Waals surface area contributed by atoms with Crippen LogP contribution < -0.4 is 5.32 Å². The van der Waals surface area contributed by atoms with Crippen molar-refractivity contribution in [2.24, 2.45) is 0 Å². The second kappa shape index (κ2) is 8.39. The molecule has 0 radical (unpaired) electrons. The summed E-state index contributed by atoms with van der Waals surface area (Å²) in [5.74, 6) is 0.993. The molecule has 5 heteroatoms. The van der Waals surface area contributed by atoms with Crippen LogP contribution in [0.3, 0.4) is 0 Å². The van der Waals surface area contributed by atoms with Crippen molar-refractivity contribution in [2.75, 3.05) is 38.7 Å². The van der Waals surface area contributed by atoms with Crippen molar-refractivity contribution in [3.05, 3.63) is 11.9 Å². The summed E-state index contributed by atoms with van der Waals surface area (Å²) in [6.07, 6.45) is 7.20. The molecular formula is C16H30N4O. The van der Waals surface area contributed by atoms with E-state index in [1.54, 1.807) is 7.11 Å². The quantitative estimate of drug-likeness (QED) is 0.748. The monoisotopic (exact) mass is 294 g/mol. The van der Waals surface area contributed by atoms with Crippen LogP contribution in [0.15, 0.2) is 6.20 Å². The molecule has 0 amide bonds. The Bertz CT molecular complexity index is 412. The van der Waals surface area contributed by atoms with Crippen LogP contribution in [0.25, 0.3) is 0 Å². The molecule has 1 fully saturated rings. The normalized spacial score (nSPS) is 17.9. The van der Waals surface area contributed by atoms with Crippen molar-refractivity contribution in [3.8, 4) is 0 Å². The number of aryl methyl sites for hydroxylation is 2. The Hall–Kier alpha value is -1.07. The number of hydrogen-bond donors (Lipinski definition) is 1. The molecule has 1 atom stereocenters. The number of rotatable bonds is 8. The van der Waals surface area contributed by atoms with Gasteiger partial charge in [-0.1, -0.05) is 6.42 Å². The summed E-state index contributed by atoms with van der Waals surface area (Å²) in [4.78, 5) is 7.18. The molecule has 1 aromatic rings. The summed E-state index contributed by atoms with van der Waals surface area (Å²) in [6.45, 7) is 9.54. The van der Waals surface area contributed by atoms with Crippen molar-refractivity contribution < 1.29 is 4.74 Å². The predicted molar refractivity (Wildman–Crippen MR) is 86.8 cm³/mol. The fraction of sp³-hybridized carbons (Fsp3) is 0.812. The summed E-state index contributed by atoms with van der Waals surface area (Å²) in [5, 5.41) is 3.53. The van der Waals surface area contributed by atoms with Crippen LogP contribution in [0.1, 0.15) is 38.3 Å². The summed E-state index contributed by atoms with van der Waals surface area (Å²) in [6, 6.07) is 0.565. The first kappa shape index (κ1) is 16.3. The van der Waals surface area contributed by atoms with Crippen LogP contribution >= 0.6 is 0 Å². The zero-order valence-electron chi connectivity index (χ0n) is 13.8. The maximum absolute atomic E-state index is 5.13. The predicted octanol–water partition coefficient (Wildman–Crippen LogP) is 2.51. The van der Waals surface area contributed by atoms with Gasteiger partial charge in [0.1, 0.15) is 0 Å². The summed E-state index contributed by atoms with van der Waals surface area (Å²) >= 11 is 0. The smallest absolute Gasteiger partial charge is 0.203 e. The zero-order valence-corrected chi connectivity index (χ0v) is 13.8. The summed E-state index contributed by atoms with van der Waals surface area (Å²) < 4.78 is 7.33. The van der Waals surface area contributed by atoms with E-state index in [0.29, 0.717) is 6.04 Å². The van der Waals surface area contributed by atoms with Gasteiger partial charge in [-0.2, -0.15) is 0 Å². The van der Waals surface area contributed by atoms with Crippen molar-refractivity contribution in [1.82, 2.24) is 14.5 Å². The van der Waals surface area contributed by atoms with Gasteiger partial charge in [0.05, 0.1) is 5.69 Å². The minimum absolute atomic E-state index is 0.565. The lowest BCUT2D eigenvalue weighted by atomic mass is 10.1. The average Bonchev–Trinajstić information content (AvgIpc) is 2.86. The Morgan fingerprint density at radius 2 is 2.10 bits per heavy atom. The van der Waals surface area contributed by atoms with E-state index in [9.17, 15) is 0 Å². The van der Waals surface area contributed by atoms with Gasteiger partial charge >= 0.3 is 0 Å². The number of likely N-dealkylation sites (tertiary alicyclic amines) is 1. The van der Waals surface area contributed by atoms with E-state index in [2.05, 4.69) is 32.9 Å². The molecule has 5 nitrogen and oxygen atoms in total. The van der Waals surface area contributed by atoms with Gasteiger partial charge in [-0.3, -0.25) is 4.90 Å². The van der Waals surface area contributed by atoms with Gasteiger partial charge in [0.15, 0.2) is 0 Å². The Morgan fingerprint density at radius 1 is 1.33 bits per heavy atom. The first-order valence-electron chi connectivity index (χ1n) is 8.21. The van der Waals surface area contributed by atoms with Crippen molar-refractivity contribution in [1.29, 1.82) is 0 Å². The number of nitrogens with zero attached hydrogens (tertiary/aromatic N) is 3. The van der Waals surface area contributed by atoms with Crippen LogP contribution in [-0.4, -0.2) is 53.8 Å². The Morgan fingerprint density at radius 3 is 2.81 bits per heavy atom. The van der Waals surface area contributed by atoms with E-state index in [-0.39, 0.29) is 0 Å². The number of imidazole rings is 1. The van der Waals surface area contributed by atoms with Crippen LogP contribution in [0.5, 0.6) is 0 Å². The molecule has 1 aliphatic rings. The van der Waals surface area contributed by atoms with Gasteiger partial charge in [-0.05, 0) is 46.2 Å². The van der Waals surface area contributed by atoms with Gasteiger partial charge < -0.3 is 14.6 Å². The molecule has 1 saturated heterocycles. The minimum Gasteiger partial charge on any atom is -0.385 e. The Labute approximate surface area is 128 Å². The van der Waals surface area contributed by atoms with Crippen molar-refractivity contribution in [3.63, 3.8) is 0 Å². The number of hydrogen-bond acceptors (Lipinski definition) is 4. The lowest BCUT2D eigenvalue weighted by molar-refractivity contribution is 0.180. The third kappa shape index (κ3) is 5.00. The number of anilines is 1. The number of ether oxygens (including phenoxy) is 1. The van der Waals surface area contributed by atoms with E-state index in [1.165, 1.54) is 32.4 Å². The van der Waals surface area contributed by atoms with Gasteiger partial charge in [0.2, 0.25) is 5.95 Å². The molecule has 2 heterocycles. The Kier molecular flexibility index (Phi) is 6.51. The van der Waals surface area contributed by atoms with Gasteiger partial charge in [0.25, 0.3) is 0 Å². The molecule has 120 valence electrons. The number of nitrogens with one attached hydrogen (secondary N) is 1. The van der Waals surface area contributed by atoms with Crippen LogP contribution in [-0.2, 0) is 11.3 Å². The third-order valence-electron chi connectivity index (χ3n) is 4.21. The molecule has 0 bridgehead atoms. The molecule has 1 aliphatic heterocycles. The van der Waals surface area contributed by atoms with E-state index in [1.807, 2.05) is 6.92 Å². The molecular weight excluding hydrogens is 264 g/mol. The molecule has 21 heavy (non-hydrogen) atoms. The highest BCUT2D eigenvalue weighted by Crippen LogP contribution is 2.14. The molecule has 1 N–H and O–H groups in total. The van der Waals surface area contributed by atoms with Crippen molar-refractivity contribution in [2.45, 2.75) is 52.1 Å². The second-order valence-corrected chi connectivity index (χ2v) is 6.07. The lowest BCUT2D eigenvalue weighted by Gasteiger charge is -2.32. The first-order chi connectivity index (χ1) is 10.2. The molecule has 0 spiro atoms. The van der Waals surface area contributed by atoms with Crippen LogP contribution in [0.4, 0.5) is 5.95 Å². The maximum atomic E-state index is 5.13. The topological polar surface area (TPSA) is 42.3 Å². The highest BCUT2D eigenvalue weighted by molar-refractivity contribution is 5.29. The SMILES string of the molecule is COCCCn1cc(C)nc1NCC(C)N1CCCCC1. The minimum atomic E-state index is 0.565. The number of methoxy groups -OCH3 is 1. The fourth-order valence-electron chi connectivity index (χ4n) is 2.96. The highest BCUT2D eigenvalue weighted by atomic mass is 16.5. The number of piperidine rings is 1. The molecule has 1 aromatic heterocycles. The molecule has 2 rings (SSSR count). The van der Waals surface area contributed by atoms with Crippen LogP contribution in [0, 0.1) is 6.92 Å². The highest BCUT2D eigenvalue weighted by Gasteiger charge is 2.17. The molecule has 0 aliphatic carbocycles. The van der Waals surface area contributed by atoms with Gasteiger partial charge in [0, 0.05) is 39.0 Å². The third-order valence-corrected chi connectivity index (χ3v) is 4.21. The fourth-order valence-corrected chi connectivity index (χ4v) is 2.96. The second-order valence-electron chi connectivity index (χ2n) is 6.07. The average molecular weight is 294 g/mol. The lowest BCUT2D eigenvalue weighted by Crippen LogP contribution is -2.41. The zero-order chi connectivity index (χ0) is 15.1. The molecule has 1 unspecified atom stereocenters. The number of aromatic nitrogens is 2. The molecule has 0 saturated carbocycles. The standard InChI is InChI=1S/C16H30N4O/c1-14-13-20(10-7-11-21-3)16(18-14)17-12-15(2)19-8-5-4-6-9-19/h13,15H,4-12H2,1-3H3,(H,17,18). The first-order valence-corrected chi connectivity index (χ1v) is 8.21. The van der Waals surface area contributed by atoms with Crippen molar-refractivity contribution >= 4 is 5.95 Å². The van der Waals surface area contributed by atoms with Gasteiger partial charge in [-0.25, -0.2) is 4.98 Å². The summed E-state index contributed by atoms with van der Waals surface area (Å²) in [5.41, 5.74) is 1.07. The van der Waals surface area contributed by atoms with E-state index in [0.717, 1.165) is 37.8 Å². The summed E-state index contributed by atoms with van der Waals surface area (Å²) in [7, 11) is 1.75. The molecule has 0 aromatic carbocycles.